The van der Waals surface area contributed by atoms with Crippen molar-refractivity contribution in [3.63, 3.8) is 0 Å². The highest BCUT2D eigenvalue weighted by Crippen LogP contribution is 2.32. The number of alkyl carbamates (subject to hydrolysis) is 1. The van der Waals surface area contributed by atoms with Crippen molar-refractivity contribution < 1.29 is 23.6 Å². The number of aromatic nitrogens is 4. The predicted octanol–water partition coefficient (Wildman–Crippen LogP) is 2.05. The first kappa shape index (κ1) is 20.9. The summed E-state index contributed by atoms with van der Waals surface area (Å²) in [5.41, 5.74) is 1.84. The van der Waals surface area contributed by atoms with E-state index in [9.17, 15) is 9.59 Å². The van der Waals surface area contributed by atoms with Gasteiger partial charge in [-0.05, 0) is 37.1 Å². The van der Waals surface area contributed by atoms with Crippen LogP contribution in [0.5, 0.6) is 0 Å². The fourth-order valence-electron chi connectivity index (χ4n) is 3.80. The van der Waals surface area contributed by atoms with Gasteiger partial charge in [0.15, 0.2) is 11.4 Å². The van der Waals surface area contributed by atoms with Crippen LogP contribution in [0.3, 0.4) is 0 Å². The lowest BCUT2D eigenvalue weighted by molar-refractivity contribution is -0.0894. The smallest absolute Gasteiger partial charge is 0.407 e. The Morgan fingerprint density at radius 3 is 2.91 bits per heavy atom. The van der Waals surface area contributed by atoms with Gasteiger partial charge in [-0.15, -0.1) is 0 Å². The number of carbonyl (C=O) groups is 2. The van der Waals surface area contributed by atoms with Crippen molar-refractivity contribution in [2.75, 3.05) is 20.3 Å². The number of imidazole rings is 1. The van der Waals surface area contributed by atoms with Crippen LogP contribution in [0.25, 0.3) is 5.65 Å². The number of rotatable bonds is 5. The Balaban J connectivity index is 1.36. The van der Waals surface area contributed by atoms with Crippen LogP contribution in [0, 0.1) is 0 Å². The van der Waals surface area contributed by atoms with Crippen molar-refractivity contribution in [1.82, 2.24) is 30.2 Å². The van der Waals surface area contributed by atoms with Crippen LogP contribution in [0.1, 0.15) is 41.5 Å². The molecule has 0 saturated carbocycles. The van der Waals surface area contributed by atoms with E-state index in [0.717, 1.165) is 5.57 Å². The van der Waals surface area contributed by atoms with Crippen LogP contribution in [-0.2, 0) is 15.0 Å². The van der Waals surface area contributed by atoms with E-state index in [1.165, 1.54) is 7.11 Å². The molecule has 1 saturated heterocycles. The van der Waals surface area contributed by atoms with E-state index in [4.69, 9.17) is 9.26 Å². The molecule has 2 amide bonds. The van der Waals surface area contributed by atoms with Gasteiger partial charge < -0.3 is 24.6 Å². The van der Waals surface area contributed by atoms with Gasteiger partial charge in [-0.25, -0.2) is 9.78 Å². The van der Waals surface area contributed by atoms with E-state index in [1.807, 2.05) is 37.3 Å². The zero-order valence-corrected chi connectivity index (χ0v) is 18.1. The highest BCUT2D eigenvalue weighted by atomic mass is 16.5. The first-order valence-electron chi connectivity index (χ1n) is 10.4. The SMILES string of the molecule is COC(=O)NC1(c2nc(C3C=C(NC(=O)c4cnc5ccccn45)C(C)=CC3)no2)COC1. The topological polar surface area (TPSA) is 133 Å². The van der Waals surface area contributed by atoms with Crippen LogP contribution in [0.2, 0.25) is 0 Å². The Hall–Kier alpha value is -3.99. The third kappa shape index (κ3) is 3.76. The zero-order valence-electron chi connectivity index (χ0n) is 18.1. The van der Waals surface area contributed by atoms with Gasteiger partial charge in [0.25, 0.3) is 11.8 Å². The summed E-state index contributed by atoms with van der Waals surface area (Å²) >= 11 is 0. The average Bonchev–Trinajstić information content (AvgIpc) is 3.45. The van der Waals surface area contributed by atoms with Crippen molar-refractivity contribution in [2.24, 2.45) is 0 Å². The van der Waals surface area contributed by atoms with Gasteiger partial charge in [0, 0.05) is 17.8 Å². The molecule has 0 spiro atoms. The summed E-state index contributed by atoms with van der Waals surface area (Å²) in [5, 5.41) is 9.79. The van der Waals surface area contributed by atoms with E-state index in [0.29, 0.717) is 29.3 Å². The lowest BCUT2D eigenvalue weighted by Crippen LogP contribution is -2.59. The normalized spacial score (nSPS) is 19.3. The number of hydrogen-bond acceptors (Lipinski definition) is 8. The lowest BCUT2D eigenvalue weighted by atomic mass is 9.93. The maximum atomic E-state index is 12.9. The average molecular weight is 450 g/mol. The van der Waals surface area contributed by atoms with Crippen LogP contribution >= 0.6 is 0 Å². The molecule has 2 N–H and O–H groups in total. The van der Waals surface area contributed by atoms with Gasteiger partial charge in [-0.3, -0.25) is 9.20 Å². The van der Waals surface area contributed by atoms with Gasteiger partial charge in [0.05, 0.1) is 26.5 Å². The molecule has 3 aromatic heterocycles. The second-order valence-corrected chi connectivity index (χ2v) is 7.99. The van der Waals surface area contributed by atoms with Crippen LogP contribution in [0.4, 0.5) is 4.79 Å². The van der Waals surface area contributed by atoms with Crippen LogP contribution in [0.15, 0.2) is 58.5 Å². The van der Waals surface area contributed by atoms with Gasteiger partial charge in [0.1, 0.15) is 11.3 Å². The Kier molecular flexibility index (Phi) is 5.17. The van der Waals surface area contributed by atoms with Crippen LogP contribution in [-0.4, -0.2) is 51.8 Å². The highest BCUT2D eigenvalue weighted by Gasteiger charge is 2.47. The summed E-state index contributed by atoms with van der Waals surface area (Å²) in [7, 11) is 1.28. The fourth-order valence-corrected chi connectivity index (χ4v) is 3.80. The molecule has 1 aliphatic heterocycles. The quantitative estimate of drug-likeness (QED) is 0.603. The molecule has 11 heteroatoms. The Labute approximate surface area is 188 Å². The summed E-state index contributed by atoms with van der Waals surface area (Å²) < 4.78 is 17.1. The number of ether oxygens (including phenoxy) is 2. The first-order valence-corrected chi connectivity index (χ1v) is 10.4. The van der Waals surface area contributed by atoms with Crippen LogP contribution < -0.4 is 10.6 Å². The molecule has 0 aromatic carbocycles. The van der Waals surface area contributed by atoms with Crippen molar-refractivity contribution in [2.45, 2.75) is 24.8 Å². The monoisotopic (exact) mass is 450 g/mol. The number of hydrogen-bond donors (Lipinski definition) is 2. The number of methoxy groups -OCH3 is 1. The number of carbonyl (C=O) groups excluding carboxylic acids is 2. The molecule has 5 rings (SSSR count). The van der Waals surface area contributed by atoms with E-state index in [2.05, 4.69) is 30.5 Å². The zero-order chi connectivity index (χ0) is 23.0. The largest absolute Gasteiger partial charge is 0.453 e. The number of pyridine rings is 1. The number of nitrogens with zero attached hydrogens (tertiary/aromatic N) is 4. The Morgan fingerprint density at radius 2 is 2.15 bits per heavy atom. The third-order valence-electron chi connectivity index (χ3n) is 5.77. The van der Waals surface area contributed by atoms with Gasteiger partial charge in [0.2, 0.25) is 0 Å². The summed E-state index contributed by atoms with van der Waals surface area (Å²) in [6.45, 7) is 2.35. The number of nitrogens with one attached hydrogen (secondary N) is 2. The van der Waals surface area contributed by atoms with Gasteiger partial charge in [-0.2, -0.15) is 4.98 Å². The van der Waals surface area contributed by atoms with Crippen molar-refractivity contribution in [1.29, 1.82) is 0 Å². The molecule has 11 nitrogen and oxygen atoms in total. The Bertz CT molecular complexity index is 1290. The minimum atomic E-state index is -0.900. The fraction of sp³-hybridized carbons (Fsp3) is 0.318. The summed E-state index contributed by atoms with van der Waals surface area (Å²) in [6.07, 6.45) is 7.30. The number of allylic oxidation sites excluding steroid dienone is 3. The van der Waals surface area contributed by atoms with Gasteiger partial charge in [-0.1, -0.05) is 17.3 Å². The standard InChI is InChI=1S/C22H22N6O5/c1-13-6-7-14(18-25-20(33-27-18)22(11-32-12-22)26-21(30)31-2)9-15(13)24-19(29)16-10-23-17-5-3-4-8-28(16)17/h3-6,8-10,14H,7,11-12H2,1-2H3,(H,24,29)(H,26,30). The molecule has 1 fully saturated rings. The molecule has 1 unspecified atom stereocenters. The minimum absolute atomic E-state index is 0.208. The van der Waals surface area contributed by atoms with E-state index in [-0.39, 0.29) is 30.9 Å². The van der Waals surface area contributed by atoms with Crippen molar-refractivity contribution in [3.05, 3.63) is 71.4 Å². The molecule has 1 aliphatic carbocycles. The third-order valence-corrected chi connectivity index (χ3v) is 5.77. The molecule has 2 aliphatic rings. The summed E-state index contributed by atoms with van der Waals surface area (Å²) in [6, 6.07) is 5.54. The lowest BCUT2D eigenvalue weighted by Gasteiger charge is -2.37. The first-order chi connectivity index (χ1) is 16.0. The maximum absolute atomic E-state index is 12.9. The summed E-state index contributed by atoms with van der Waals surface area (Å²) in [5.74, 6) is 0.230. The van der Waals surface area contributed by atoms with E-state index in [1.54, 1.807) is 16.8 Å². The molecular formula is C22H22N6O5. The molecule has 3 aromatic rings. The maximum Gasteiger partial charge on any atom is 0.407 e. The predicted molar refractivity (Wildman–Crippen MR) is 114 cm³/mol. The van der Waals surface area contributed by atoms with Crippen molar-refractivity contribution >= 4 is 17.6 Å². The minimum Gasteiger partial charge on any atom is -0.453 e. The van der Waals surface area contributed by atoms with E-state index < -0.39 is 11.6 Å². The molecule has 170 valence electrons. The number of fused-ring (bicyclic) bond motifs is 1. The molecule has 0 radical (unpaired) electrons. The highest BCUT2D eigenvalue weighted by molar-refractivity contribution is 5.94. The molecule has 4 heterocycles. The molecule has 1 atom stereocenters. The van der Waals surface area contributed by atoms with E-state index >= 15 is 0 Å². The second kappa shape index (κ2) is 8.17. The second-order valence-electron chi connectivity index (χ2n) is 7.99. The van der Waals surface area contributed by atoms with Gasteiger partial charge >= 0.3 is 6.09 Å². The summed E-state index contributed by atoms with van der Waals surface area (Å²) in [4.78, 5) is 33.4. The molecular weight excluding hydrogens is 428 g/mol. The Morgan fingerprint density at radius 1 is 1.30 bits per heavy atom. The van der Waals surface area contributed by atoms with Crippen molar-refractivity contribution in [3.8, 4) is 0 Å². The molecule has 0 bridgehead atoms. The molecule has 33 heavy (non-hydrogen) atoms. The number of amides is 2.